The zero-order valence-corrected chi connectivity index (χ0v) is 15.5. The first-order valence-corrected chi connectivity index (χ1v) is 10.1. The van der Waals surface area contributed by atoms with Crippen molar-refractivity contribution in [3.05, 3.63) is 0 Å². The van der Waals surface area contributed by atoms with E-state index in [1.165, 1.54) is 17.1 Å². The summed E-state index contributed by atoms with van der Waals surface area (Å²) in [5.74, 6) is 1.70. The molecule has 8 heteroatoms. The normalized spacial score (nSPS) is 15.9. The van der Waals surface area contributed by atoms with Crippen LogP contribution in [-0.2, 0) is 14.8 Å². The molecule has 0 aromatic rings. The molecule has 1 aliphatic carbocycles. The van der Waals surface area contributed by atoms with E-state index in [2.05, 4.69) is 15.6 Å². The van der Waals surface area contributed by atoms with Gasteiger partial charge in [0.25, 0.3) is 0 Å². The number of rotatable bonds is 12. The number of sulfonamides is 1. The van der Waals surface area contributed by atoms with Gasteiger partial charge in [-0.2, -0.15) is 0 Å². The highest BCUT2D eigenvalue weighted by atomic mass is 32.2. The van der Waals surface area contributed by atoms with Crippen LogP contribution in [-0.4, -0.2) is 71.4 Å². The minimum absolute atomic E-state index is 0.142. The highest BCUT2D eigenvalue weighted by Gasteiger charge is 2.20. The van der Waals surface area contributed by atoms with Gasteiger partial charge in [0.2, 0.25) is 10.0 Å². The highest BCUT2D eigenvalue weighted by molar-refractivity contribution is 7.89. The number of hydrogen-bond acceptors (Lipinski definition) is 4. The lowest BCUT2D eigenvalue weighted by Crippen LogP contribution is -2.39. The zero-order chi connectivity index (χ0) is 17.1. The van der Waals surface area contributed by atoms with Gasteiger partial charge in [-0.3, -0.25) is 4.99 Å². The first-order valence-electron chi connectivity index (χ1n) is 8.46. The Morgan fingerprint density at radius 3 is 2.48 bits per heavy atom. The summed E-state index contributed by atoms with van der Waals surface area (Å²) in [6.07, 6.45) is 4.33. The summed E-state index contributed by atoms with van der Waals surface area (Å²) in [5, 5.41) is 6.42. The molecule has 0 amide bonds. The number of nitrogens with zero attached hydrogens (tertiary/aromatic N) is 2. The molecule has 23 heavy (non-hydrogen) atoms. The van der Waals surface area contributed by atoms with Crippen molar-refractivity contribution in [1.82, 2.24) is 14.9 Å². The zero-order valence-electron chi connectivity index (χ0n) is 14.7. The third-order valence-electron chi connectivity index (χ3n) is 3.81. The standard InChI is InChI=1S/C15H32N4O3S/c1-4-23(20,21)19(3)11-5-9-17-15(16-2)18-10-6-12-22-13-14-7-8-14/h14H,4-13H2,1-3H3,(H2,16,17,18). The van der Waals surface area contributed by atoms with Crippen LogP contribution in [0.1, 0.15) is 32.6 Å². The van der Waals surface area contributed by atoms with Gasteiger partial charge in [-0.05, 0) is 38.5 Å². The maximum absolute atomic E-state index is 11.6. The maximum atomic E-state index is 11.6. The molecule has 0 saturated heterocycles. The van der Waals surface area contributed by atoms with Crippen molar-refractivity contribution in [2.24, 2.45) is 10.9 Å². The molecule has 136 valence electrons. The molecule has 0 unspecified atom stereocenters. The van der Waals surface area contributed by atoms with Gasteiger partial charge in [-0.15, -0.1) is 0 Å². The summed E-state index contributed by atoms with van der Waals surface area (Å²) in [4.78, 5) is 4.15. The molecule has 0 aliphatic heterocycles. The van der Waals surface area contributed by atoms with E-state index in [0.717, 1.165) is 44.5 Å². The van der Waals surface area contributed by atoms with Crippen molar-refractivity contribution in [2.75, 3.05) is 52.7 Å². The molecule has 2 N–H and O–H groups in total. The summed E-state index contributed by atoms with van der Waals surface area (Å²) >= 11 is 0. The monoisotopic (exact) mass is 348 g/mol. The summed E-state index contributed by atoms with van der Waals surface area (Å²) in [5.41, 5.74) is 0. The van der Waals surface area contributed by atoms with Gasteiger partial charge < -0.3 is 15.4 Å². The highest BCUT2D eigenvalue weighted by Crippen LogP contribution is 2.28. The summed E-state index contributed by atoms with van der Waals surface area (Å²) in [7, 11) is 0.264. The van der Waals surface area contributed by atoms with Gasteiger partial charge in [0, 0.05) is 46.9 Å². The Labute approximate surface area is 140 Å². The van der Waals surface area contributed by atoms with Gasteiger partial charge >= 0.3 is 0 Å². The molecule has 1 rings (SSSR count). The van der Waals surface area contributed by atoms with Gasteiger partial charge in [0.05, 0.1) is 5.75 Å². The Kier molecular flexibility index (Phi) is 9.50. The quantitative estimate of drug-likeness (QED) is 0.307. The third-order valence-corrected chi connectivity index (χ3v) is 5.68. The van der Waals surface area contributed by atoms with E-state index < -0.39 is 10.0 Å². The Balaban J connectivity index is 2.02. The average molecular weight is 349 g/mol. The molecule has 7 nitrogen and oxygen atoms in total. The fraction of sp³-hybridized carbons (Fsp3) is 0.933. The second-order valence-corrected chi connectivity index (χ2v) is 8.24. The fourth-order valence-corrected chi connectivity index (χ4v) is 2.85. The lowest BCUT2D eigenvalue weighted by Gasteiger charge is -2.16. The molecule has 0 aromatic carbocycles. The van der Waals surface area contributed by atoms with E-state index in [1.54, 1.807) is 21.0 Å². The first-order chi connectivity index (χ1) is 11.0. The SMILES string of the molecule is CCS(=O)(=O)N(C)CCCNC(=NC)NCCCOCC1CC1. The molecule has 0 radical (unpaired) electrons. The van der Waals surface area contributed by atoms with Crippen LogP contribution in [0, 0.1) is 5.92 Å². The molecule has 0 heterocycles. The fourth-order valence-electron chi connectivity index (χ4n) is 2.00. The summed E-state index contributed by atoms with van der Waals surface area (Å²) in [6, 6.07) is 0. The number of hydrogen-bond donors (Lipinski definition) is 2. The number of ether oxygens (including phenoxy) is 1. The molecule has 1 fully saturated rings. The van der Waals surface area contributed by atoms with E-state index >= 15 is 0 Å². The van der Waals surface area contributed by atoms with Crippen molar-refractivity contribution in [1.29, 1.82) is 0 Å². The second-order valence-electron chi connectivity index (χ2n) is 5.87. The number of aliphatic imine (C=N–C) groups is 1. The second kappa shape index (κ2) is 10.8. The largest absolute Gasteiger partial charge is 0.381 e. The van der Waals surface area contributed by atoms with E-state index in [4.69, 9.17) is 4.74 Å². The van der Waals surface area contributed by atoms with Crippen LogP contribution >= 0.6 is 0 Å². The topological polar surface area (TPSA) is 83.0 Å². The third kappa shape index (κ3) is 9.12. The predicted octanol–water partition coefficient (Wildman–Crippen LogP) is 0.640. The van der Waals surface area contributed by atoms with E-state index in [9.17, 15) is 8.42 Å². The van der Waals surface area contributed by atoms with Crippen LogP contribution < -0.4 is 10.6 Å². The van der Waals surface area contributed by atoms with Crippen LogP contribution in [0.3, 0.4) is 0 Å². The Morgan fingerprint density at radius 1 is 1.26 bits per heavy atom. The van der Waals surface area contributed by atoms with Crippen LogP contribution in [0.4, 0.5) is 0 Å². The molecule has 0 bridgehead atoms. The van der Waals surface area contributed by atoms with Crippen molar-refractivity contribution in [3.8, 4) is 0 Å². The molecular formula is C15H32N4O3S. The Bertz CT molecular complexity index is 450. The Morgan fingerprint density at radius 2 is 1.91 bits per heavy atom. The van der Waals surface area contributed by atoms with Crippen molar-refractivity contribution < 1.29 is 13.2 Å². The number of guanidine groups is 1. The molecule has 0 aromatic heterocycles. The molecule has 0 spiro atoms. The van der Waals surface area contributed by atoms with Crippen molar-refractivity contribution in [3.63, 3.8) is 0 Å². The van der Waals surface area contributed by atoms with Gasteiger partial charge in [-0.25, -0.2) is 12.7 Å². The van der Waals surface area contributed by atoms with Crippen LogP contribution in [0.2, 0.25) is 0 Å². The first kappa shape index (κ1) is 20.2. The molecule has 1 aliphatic rings. The number of nitrogens with one attached hydrogen (secondary N) is 2. The minimum Gasteiger partial charge on any atom is -0.381 e. The van der Waals surface area contributed by atoms with Crippen LogP contribution in [0.5, 0.6) is 0 Å². The summed E-state index contributed by atoms with van der Waals surface area (Å²) in [6.45, 7) is 5.34. The van der Waals surface area contributed by atoms with E-state index in [0.29, 0.717) is 13.1 Å². The van der Waals surface area contributed by atoms with Crippen LogP contribution in [0.15, 0.2) is 4.99 Å². The predicted molar refractivity (Wildman–Crippen MR) is 94.2 cm³/mol. The average Bonchev–Trinajstić information content (AvgIpc) is 3.36. The smallest absolute Gasteiger partial charge is 0.213 e. The van der Waals surface area contributed by atoms with Gasteiger partial charge in [-0.1, -0.05) is 0 Å². The van der Waals surface area contributed by atoms with Gasteiger partial charge in [0.1, 0.15) is 0 Å². The molecular weight excluding hydrogens is 316 g/mol. The van der Waals surface area contributed by atoms with E-state index in [1.807, 2.05) is 0 Å². The van der Waals surface area contributed by atoms with Crippen molar-refractivity contribution >= 4 is 16.0 Å². The maximum Gasteiger partial charge on any atom is 0.213 e. The van der Waals surface area contributed by atoms with Gasteiger partial charge in [0.15, 0.2) is 5.96 Å². The molecule has 1 saturated carbocycles. The van der Waals surface area contributed by atoms with Crippen LogP contribution in [0.25, 0.3) is 0 Å². The Hall–Kier alpha value is -0.860. The molecule has 0 atom stereocenters. The van der Waals surface area contributed by atoms with E-state index in [-0.39, 0.29) is 5.75 Å². The minimum atomic E-state index is -3.08. The lowest BCUT2D eigenvalue weighted by atomic mass is 10.4. The summed E-state index contributed by atoms with van der Waals surface area (Å²) < 4.78 is 30.2. The van der Waals surface area contributed by atoms with Crippen molar-refractivity contribution in [2.45, 2.75) is 32.6 Å². The lowest BCUT2D eigenvalue weighted by molar-refractivity contribution is 0.123.